The second-order valence-corrected chi connectivity index (χ2v) is 4.08. The molecule has 1 unspecified atom stereocenters. The minimum absolute atomic E-state index is 0.124. The van der Waals surface area contributed by atoms with Crippen molar-refractivity contribution < 1.29 is 9.47 Å². The molecule has 0 bridgehead atoms. The average molecular weight is 231 g/mol. The molecule has 0 aromatic heterocycles. The number of nitrogens with one attached hydrogen (secondary N) is 1. The Kier molecular flexibility index (Phi) is 9.18. The SMILES string of the molecule is COCCOCCCN(C)CC(C)C(=N)N. The highest BCUT2D eigenvalue weighted by molar-refractivity contribution is 5.79. The maximum Gasteiger partial charge on any atom is 0.0947 e. The Morgan fingerprint density at radius 2 is 2.06 bits per heavy atom. The summed E-state index contributed by atoms with van der Waals surface area (Å²) in [5.41, 5.74) is 5.41. The molecule has 0 amide bonds. The van der Waals surface area contributed by atoms with Gasteiger partial charge in [0.25, 0.3) is 0 Å². The summed E-state index contributed by atoms with van der Waals surface area (Å²) in [6.07, 6.45) is 0.991. The van der Waals surface area contributed by atoms with Crippen molar-refractivity contribution in [2.75, 3.05) is 47.1 Å². The molecule has 0 spiro atoms. The fourth-order valence-electron chi connectivity index (χ4n) is 1.34. The van der Waals surface area contributed by atoms with E-state index in [1.807, 2.05) is 14.0 Å². The zero-order valence-corrected chi connectivity index (χ0v) is 10.7. The van der Waals surface area contributed by atoms with Crippen molar-refractivity contribution in [2.24, 2.45) is 11.7 Å². The predicted molar refractivity (Wildman–Crippen MR) is 65.9 cm³/mol. The van der Waals surface area contributed by atoms with Gasteiger partial charge in [-0.25, -0.2) is 0 Å². The van der Waals surface area contributed by atoms with Crippen molar-refractivity contribution in [3.63, 3.8) is 0 Å². The van der Waals surface area contributed by atoms with E-state index in [2.05, 4.69) is 4.90 Å². The number of nitrogens with zero attached hydrogens (tertiary/aromatic N) is 1. The van der Waals surface area contributed by atoms with Crippen LogP contribution in [-0.4, -0.2) is 57.8 Å². The molecule has 0 heterocycles. The van der Waals surface area contributed by atoms with Crippen molar-refractivity contribution in [2.45, 2.75) is 13.3 Å². The Balaban J connectivity index is 3.36. The van der Waals surface area contributed by atoms with Gasteiger partial charge < -0.3 is 20.1 Å². The summed E-state index contributed by atoms with van der Waals surface area (Å²) in [5.74, 6) is 0.377. The molecule has 0 aromatic carbocycles. The smallest absolute Gasteiger partial charge is 0.0947 e. The lowest BCUT2D eigenvalue weighted by Crippen LogP contribution is -2.32. The van der Waals surface area contributed by atoms with E-state index in [9.17, 15) is 0 Å². The maximum absolute atomic E-state index is 7.30. The number of rotatable bonds is 10. The van der Waals surface area contributed by atoms with Crippen LogP contribution in [0.25, 0.3) is 0 Å². The number of methoxy groups -OCH3 is 1. The molecule has 0 fully saturated rings. The van der Waals surface area contributed by atoms with Gasteiger partial charge >= 0.3 is 0 Å². The summed E-state index contributed by atoms with van der Waals surface area (Å²) in [6.45, 7) is 5.81. The van der Waals surface area contributed by atoms with E-state index in [1.165, 1.54) is 0 Å². The van der Waals surface area contributed by atoms with Gasteiger partial charge in [0.2, 0.25) is 0 Å². The second-order valence-electron chi connectivity index (χ2n) is 4.08. The first kappa shape index (κ1) is 15.3. The van der Waals surface area contributed by atoms with Crippen LogP contribution in [0.15, 0.2) is 0 Å². The van der Waals surface area contributed by atoms with Crippen molar-refractivity contribution in [3.8, 4) is 0 Å². The molecule has 16 heavy (non-hydrogen) atoms. The Morgan fingerprint density at radius 1 is 1.38 bits per heavy atom. The first-order valence-corrected chi connectivity index (χ1v) is 5.67. The van der Waals surface area contributed by atoms with Gasteiger partial charge in [-0.1, -0.05) is 6.92 Å². The van der Waals surface area contributed by atoms with Crippen LogP contribution in [0.4, 0.5) is 0 Å². The standard InChI is InChI=1S/C11H25N3O2/c1-10(11(12)13)9-14(2)5-4-6-16-8-7-15-3/h10H,4-9H2,1-3H3,(H3,12,13). The van der Waals surface area contributed by atoms with Gasteiger partial charge in [0, 0.05) is 32.7 Å². The molecule has 0 saturated heterocycles. The van der Waals surface area contributed by atoms with Crippen LogP contribution in [0, 0.1) is 11.3 Å². The summed E-state index contributed by atoms with van der Waals surface area (Å²) < 4.78 is 10.2. The third kappa shape index (κ3) is 8.64. The molecule has 5 nitrogen and oxygen atoms in total. The lowest BCUT2D eigenvalue weighted by molar-refractivity contribution is 0.0661. The summed E-state index contributed by atoms with van der Waals surface area (Å²) in [6, 6.07) is 0. The van der Waals surface area contributed by atoms with E-state index in [1.54, 1.807) is 7.11 Å². The largest absolute Gasteiger partial charge is 0.387 e. The predicted octanol–water partition coefficient (Wildman–Crippen LogP) is 0.543. The van der Waals surface area contributed by atoms with E-state index >= 15 is 0 Å². The van der Waals surface area contributed by atoms with Crippen molar-refractivity contribution in [1.29, 1.82) is 5.41 Å². The van der Waals surface area contributed by atoms with Crippen LogP contribution < -0.4 is 5.73 Å². The number of hydrogen-bond acceptors (Lipinski definition) is 4. The van der Waals surface area contributed by atoms with Crippen molar-refractivity contribution >= 4 is 5.84 Å². The Labute approximate surface area is 98.4 Å². The van der Waals surface area contributed by atoms with Gasteiger partial charge in [0.1, 0.15) is 0 Å². The van der Waals surface area contributed by atoms with Gasteiger partial charge in [-0.15, -0.1) is 0 Å². The van der Waals surface area contributed by atoms with Crippen LogP contribution in [-0.2, 0) is 9.47 Å². The number of hydrogen-bond donors (Lipinski definition) is 2. The molecular weight excluding hydrogens is 206 g/mol. The van der Waals surface area contributed by atoms with Crippen LogP contribution >= 0.6 is 0 Å². The summed E-state index contributed by atoms with van der Waals surface area (Å²) >= 11 is 0. The number of amidine groups is 1. The Hall–Kier alpha value is -0.650. The molecule has 3 N–H and O–H groups in total. The molecule has 0 saturated carbocycles. The van der Waals surface area contributed by atoms with Gasteiger partial charge in [0.15, 0.2) is 0 Å². The fraction of sp³-hybridized carbons (Fsp3) is 0.909. The molecular formula is C11H25N3O2. The van der Waals surface area contributed by atoms with Gasteiger partial charge in [-0.3, -0.25) is 5.41 Å². The number of ether oxygens (including phenoxy) is 2. The second kappa shape index (κ2) is 9.57. The van der Waals surface area contributed by atoms with Crippen molar-refractivity contribution in [1.82, 2.24) is 4.90 Å². The van der Waals surface area contributed by atoms with E-state index in [-0.39, 0.29) is 11.8 Å². The highest BCUT2D eigenvalue weighted by atomic mass is 16.5. The van der Waals surface area contributed by atoms with Gasteiger partial charge in [-0.05, 0) is 13.5 Å². The average Bonchev–Trinajstić information content (AvgIpc) is 2.23. The topological polar surface area (TPSA) is 71.6 Å². The van der Waals surface area contributed by atoms with E-state index in [4.69, 9.17) is 20.6 Å². The molecule has 0 aliphatic rings. The normalized spacial score (nSPS) is 13.0. The van der Waals surface area contributed by atoms with Gasteiger partial charge in [-0.2, -0.15) is 0 Å². The monoisotopic (exact) mass is 231 g/mol. The zero-order chi connectivity index (χ0) is 12.4. The lowest BCUT2D eigenvalue weighted by atomic mass is 10.1. The van der Waals surface area contributed by atoms with E-state index in [0.717, 1.165) is 26.1 Å². The third-order valence-electron chi connectivity index (χ3n) is 2.38. The molecule has 1 atom stereocenters. The summed E-state index contributed by atoms with van der Waals surface area (Å²) in [7, 11) is 3.70. The Bertz CT molecular complexity index is 188. The van der Waals surface area contributed by atoms with Crippen LogP contribution in [0.3, 0.4) is 0 Å². The first-order chi connectivity index (χ1) is 7.57. The Morgan fingerprint density at radius 3 is 2.62 bits per heavy atom. The molecule has 96 valence electrons. The number of nitrogens with two attached hydrogens (primary N) is 1. The quantitative estimate of drug-likeness (QED) is 0.327. The van der Waals surface area contributed by atoms with Crippen LogP contribution in [0.1, 0.15) is 13.3 Å². The maximum atomic E-state index is 7.30. The highest BCUT2D eigenvalue weighted by Gasteiger charge is 2.08. The van der Waals surface area contributed by atoms with E-state index in [0.29, 0.717) is 13.2 Å². The minimum Gasteiger partial charge on any atom is -0.387 e. The third-order valence-corrected chi connectivity index (χ3v) is 2.38. The lowest BCUT2D eigenvalue weighted by Gasteiger charge is -2.20. The highest BCUT2D eigenvalue weighted by Crippen LogP contribution is 1.98. The molecule has 0 aromatic rings. The van der Waals surface area contributed by atoms with Crippen LogP contribution in [0.5, 0.6) is 0 Å². The first-order valence-electron chi connectivity index (χ1n) is 5.67. The summed E-state index contributed by atoms with van der Waals surface area (Å²) in [5, 5.41) is 7.30. The summed E-state index contributed by atoms with van der Waals surface area (Å²) in [4.78, 5) is 2.17. The zero-order valence-electron chi connectivity index (χ0n) is 10.7. The van der Waals surface area contributed by atoms with Crippen molar-refractivity contribution in [3.05, 3.63) is 0 Å². The molecule has 0 aliphatic heterocycles. The minimum atomic E-state index is 0.124. The molecule has 0 radical (unpaired) electrons. The molecule has 0 rings (SSSR count). The fourth-order valence-corrected chi connectivity index (χ4v) is 1.34. The molecule has 0 aliphatic carbocycles. The van der Waals surface area contributed by atoms with Crippen LogP contribution in [0.2, 0.25) is 0 Å². The van der Waals surface area contributed by atoms with Gasteiger partial charge in [0.05, 0.1) is 19.0 Å². The molecule has 5 heteroatoms. The van der Waals surface area contributed by atoms with E-state index < -0.39 is 0 Å².